The highest BCUT2D eigenvalue weighted by Gasteiger charge is 2.18. The van der Waals surface area contributed by atoms with Gasteiger partial charge in [0.15, 0.2) is 0 Å². The summed E-state index contributed by atoms with van der Waals surface area (Å²) in [7, 11) is 0. The minimum Gasteiger partial charge on any atom is -0.309 e. The zero-order valence-electron chi connectivity index (χ0n) is 29.5. The van der Waals surface area contributed by atoms with Crippen LogP contribution in [0.15, 0.2) is 206 Å². The molecule has 54 heavy (non-hydrogen) atoms. The smallest absolute Gasteiger partial charge is 0.0547 e. The summed E-state index contributed by atoms with van der Waals surface area (Å²) in [6, 6.07) is 75.2. The average Bonchev–Trinajstić information content (AvgIpc) is 3.76. The third-order valence-electron chi connectivity index (χ3n) is 11.1. The van der Waals surface area contributed by atoms with Crippen LogP contribution in [0.2, 0.25) is 0 Å². The van der Waals surface area contributed by atoms with Gasteiger partial charge in [0.2, 0.25) is 0 Å². The van der Waals surface area contributed by atoms with E-state index in [4.69, 9.17) is 0 Å². The number of nitrogens with zero attached hydrogens (tertiary/aromatic N) is 2. The molecule has 0 N–H and O–H groups in total. The summed E-state index contributed by atoms with van der Waals surface area (Å²) in [6.07, 6.45) is 0. The number of rotatable bonds is 5. The topological polar surface area (TPSA) is 9.86 Å². The van der Waals surface area contributed by atoms with E-state index in [9.17, 15) is 0 Å². The van der Waals surface area contributed by atoms with E-state index in [1.807, 2.05) is 0 Å². The average molecular weight is 687 g/mol. The summed E-state index contributed by atoms with van der Waals surface area (Å²) < 4.78 is 4.87. The lowest BCUT2D eigenvalue weighted by Gasteiger charge is -2.14. The van der Waals surface area contributed by atoms with Gasteiger partial charge in [-0.05, 0) is 87.1 Å². The summed E-state index contributed by atoms with van der Waals surface area (Å²) >= 11 is 0. The molecule has 0 saturated carbocycles. The van der Waals surface area contributed by atoms with Gasteiger partial charge in [-0.2, -0.15) is 0 Å². The fourth-order valence-electron chi connectivity index (χ4n) is 8.66. The molecule has 2 nitrogen and oxygen atoms in total. The van der Waals surface area contributed by atoms with Gasteiger partial charge in [-0.25, -0.2) is 0 Å². The van der Waals surface area contributed by atoms with Crippen molar-refractivity contribution in [3.05, 3.63) is 206 Å². The van der Waals surface area contributed by atoms with Crippen molar-refractivity contribution in [2.24, 2.45) is 0 Å². The quantitative estimate of drug-likeness (QED) is 0.171. The van der Waals surface area contributed by atoms with Crippen LogP contribution in [0.25, 0.3) is 99.1 Å². The van der Waals surface area contributed by atoms with Crippen molar-refractivity contribution in [2.75, 3.05) is 0 Å². The molecule has 0 atom stereocenters. The molecule has 0 spiro atoms. The second-order valence-electron chi connectivity index (χ2n) is 14.1. The van der Waals surface area contributed by atoms with Crippen LogP contribution in [-0.2, 0) is 0 Å². The van der Waals surface area contributed by atoms with Crippen molar-refractivity contribution in [1.29, 1.82) is 0 Å². The van der Waals surface area contributed by atoms with Gasteiger partial charge in [-0.1, -0.05) is 158 Å². The molecule has 0 saturated heterocycles. The molecule has 0 unspecified atom stereocenters. The summed E-state index contributed by atoms with van der Waals surface area (Å²) in [5.74, 6) is 0. The van der Waals surface area contributed by atoms with Crippen molar-refractivity contribution in [3.63, 3.8) is 0 Å². The molecule has 11 aromatic rings. The highest BCUT2D eigenvalue weighted by molar-refractivity contribution is 6.13. The first-order valence-corrected chi connectivity index (χ1v) is 18.6. The number of fused-ring (bicyclic) bond motifs is 7. The van der Waals surface area contributed by atoms with Crippen LogP contribution >= 0.6 is 0 Å². The molecule has 2 heteroatoms. The molecule has 0 aliphatic rings. The Bertz CT molecular complexity index is 3210. The Kier molecular flexibility index (Phi) is 6.90. The van der Waals surface area contributed by atoms with Gasteiger partial charge in [-0.3, -0.25) is 0 Å². The Balaban J connectivity index is 1.09. The van der Waals surface area contributed by atoms with Crippen LogP contribution in [0, 0.1) is 0 Å². The molecule has 9 aromatic carbocycles. The van der Waals surface area contributed by atoms with Gasteiger partial charge in [0.1, 0.15) is 0 Å². The molecule has 11 rings (SSSR count). The number of benzene rings is 9. The normalized spacial score (nSPS) is 11.7. The van der Waals surface area contributed by atoms with Crippen LogP contribution in [0.5, 0.6) is 0 Å². The minimum atomic E-state index is 1.15. The maximum Gasteiger partial charge on any atom is 0.0547 e. The first kappa shape index (κ1) is 30.5. The molecule has 0 aliphatic heterocycles. The van der Waals surface area contributed by atoms with Crippen molar-refractivity contribution in [2.45, 2.75) is 0 Å². The van der Waals surface area contributed by atoms with Crippen molar-refractivity contribution in [3.8, 4) is 44.8 Å². The van der Waals surface area contributed by atoms with Crippen molar-refractivity contribution >= 4 is 54.4 Å². The predicted molar refractivity (Wildman–Crippen MR) is 229 cm³/mol. The number of aromatic nitrogens is 2. The van der Waals surface area contributed by atoms with Gasteiger partial charge >= 0.3 is 0 Å². The van der Waals surface area contributed by atoms with Gasteiger partial charge in [0.05, 0.1) is 27.8 Å². The van der Waals surface area contributed by atoms with E-state index in [-0.39, 0.29) is 0 Å². The fraction of sp³-hybridized carbons (Fsp3) is 0. The lowest BCUT2D eigenvalue weighted by molar-refractivity contribution is 1.18. The summed E-state index contributed by atoms with van der Waals surface area (Å²) in [6.45, 7) is 0. The molecule has 0 bridgehead atoms. The zero-order valence-corrected chi connectivity index (χ0v) is 29.5. The lowest BCUT2D eigenvalue weighted by atomic mass is 9.98. The van der Waals surface area contributed by atoms with E-state index in [2.05, 4.69) is 215 Å². The molecule has 0 radical (unpaired) electrons. The SMILES string of the molecule is c1ccc(-c2ccccc2-n2c3ccccc3c3cc(-c4ccc5c6ccccc6n(-c6cccc(-c7cccc8ccccc78)c6)c5c4)ccc32)cc1. The van der Waals surface area contributed by atoms with E-state index < -0.39 is 0 Å². The maximum absolute atomic E-state index is 2.44. The molecule has 252 valence electrons. The zero-order chi connectivity index (χ0) is 35.6. The van der Waals surface area contributed by atoms with Crippen LogP contribution in [0.3, 0.4) is 0 Å². The number of hydrogen-bond acceptors (Lipinski definition) is 0. The molecular formula is C52H34N2. The second kappa shape index (κ2) is 12.2. The van der Waals surface area contributed by atoms with Crippen LogP contribution in [0.1, 0.15) is 0 Å². The Labute approximate surface area is 313 Å². The first-order chi connectivity index (χ1) is 26.8. The Morgan fingerprint density at radius 3 is 1.70 bits per heavy atom. The molecule has 0 aliphatic carbocycles. The van der Waals surface area contributed by atoms with E-state index in [1.165, 1.54) is 93.5 Å². The molecule has 2 aromatic heterocycles. The molecule has 0 fully saturated rings. The van der Waals surface area contributed by atoms with Crippen molar-refractivity contribution in [1.82, 2.24) is 9.13 Å². The molecular weight excluding hydrogens is 653 g/mol. The Morgan fingerprint density at radius 2 is 0.833 bits per heavy atom. The number of hydrogen-bond donors (Lipinski definition) is 0. The van der Waals surface area contributed by atoms with Gasteiger partial charge in [0, 0.05) is 32.8 Å². The van der Waals surface area contributed by atoms with E-state index in [0.717, 1.165) is 5.69 Å². The van der Waals surface area contributed by atoms with Crippen LogP contribution < -0.4 is 0 Å². The van der Waals surface area contributed by atoms with Crippen molar-refractivity contribution < 1.29 is 0 Å². The highest BCUT2D eigenvalue weighted by atomic mass is 15.0. The summed E-state index contributed by atoms with van der Waals surface area (Å²) in [4.78, 5) is 0. The summed E-state index contributed by atoms with van der Waals surface area (Å²) in [5, 5.41) is 7.52. The lowest BCUT2D eigenvalue weighted by Crippen LogP contribution is -1.97. The van der Waals surface area contributed by atoms with E-state index in [1.54, 1.807) is 0 Å². The van der Waals surface area contributed by atoms with E-state index in [0.29, 0.717) is 0 Å². The number of para-hydroxylation sites is 3. The third-order valence-corrected chi connectivity index (χ3v) is 11.1. The first-order valence-electron chi connectivity index (χ1n) is 18.6. The Morgan fingerprint density at radius 1 is 0.259 bits per heavy atom. The van der Waals surface area contributed by atoms with E-state index >= 15 is 0 Å². The third kappa shape index (κ3) is 4.74. The predicted octanol–water partition coefficient (Wildman–Crippen LogP) is 14.0. The van der Waals surface area contributed by atoms with Gasteiger partial charge in [0.25, 0.3) is 0 Å². The van der Waals surface area contributed by atoms with Crippen LogP contribution in [0.4, 0.5) is 0 Å². The largest absolute Gasteiger partial charge is 0.309 e. The highest BCUT2D eigenvalue weighted by Crippen LogP contribution is 2.40. The minimum absolute atomic E-state index is 1.15. The molecule has 0 amide bonds. The summed E-state index contributed by atoms with van der Waals surface area (Å²) in [5.41, 5.74) is 14.4. The van der Waals surface area contributed by atoms with Crippen LogP contribution in [-0.4, -0.2) is 9.13 Å². The van der Waals surface area contributed by atoms with Gasteiger partial charge < -0.3 is 9.13 Å². The monoisotopic (exact) mass is 686 g/mol. The standard InChI is InChI=1S/C52H34N2/c1-2-14-36(15-3-1)43-21-6-9-25-48(43)54-50-27-11-8-23-45(50)47-33-37(29-31-51(47)54)38-28-30-46-44-22-7-10-26-49(44)53(52(46)34-38)40-19-12-18-39(32-40)42-24-13-17-35-16-4-5-20-41(35)42/h1-34H. The molecule has 2 heterocycles. The fourth-order valence-corrected chi connectivity index (χ4v) is 8.66. The maximum atomic E-state index is 2.44. The van der Waals surface area contributed by atoms with Gasteiger partial charge in [-0.15, -0.1) is 0 Å². The Hall–Kier alpha value is -7.16. The second-order valence-corrected chi connectivity index (χ2v) is 14.1.